The zero-order valence-corrected chi connectivity index (χ0v) is 13.2. The average Bonchev–Trinajstić information content (AvgIpc) is 2.74. The summed E-state index contributed by atoms with van der Waals surface area (Å²) in [5.41, 5.74) is -0.922. The van der Waals surface area contributed by atoms with Gasteiger partial charge in [-0.3, -0.25) is 4.79 Å². The molecule has 1 aromatic rings. The van der Waals surface area contributed by atoms with Gasteiger partial charge in [-0.2, -0.15) is 5.26 Å². The lowest BCUT2D eigenvalue weighted by Crippen LogP contribution is -2.30. The van der Waals surface area contributed by atoms with Crippen LogP contribution in [0.3, 0.4) is 0 Å². The number of imide groups is 1. The van der Waals surface area contributed by atoms with Gasteiger partial charge in [-0.1, -0.05) is 23.2 Å². The lowest BCUT2D eigenvalue weighted by atomic mass is 10.2. The Bertz CT molecular complexity index is 762. The molecule has 1 aromatic carbocycles. The number of hydrogen-bond acceptors (Lipinski definition) is 5. The van der Waals surface area contributed by atoms with Crippen molar-refractivity contribution in [3.05, 3.63) is 39.5 Å². The van der Waals surface area contributed by atoms with E-state index in [1.54, 1.807) is 13.0 Å². The van der Waals surface area contributed by atoms with Crippen molar-refractivity contribution in [2.75, 3.05) is 11.5 Å². The van der Waals surface area contributed by atoms with Crippen LogP contribution in [-0.4, -0.2) is 24.5 Å². The van der Waals surface area contributed by atoms with Crippen molar-refractivity contribution in [2.24, 2.45) is 0 Å². The summed E-state index contributed by atoms with van der Waals surface area (Å²) < 4.78 is 4.69. The SMILES string of the molecule is CCOC(=O)/C(C#N)=C1\NC(=O)N(c2cc(Cl)cc(Cl)c2)C1=O. The van der Waals surface area contributed by atoms with Crippen molar-refractivity contribution in [3.8, 4) is 6.07 Å². The predicted octanol–water partition coefficient (Wildman–Crippen LogP) is 2.39. The number of benzene rings is 1. The molecule has 0 spiro atoms. The normalized spacial score (nSPS) is 16.0. The summed E-state index contributed by atoms with van der Waals surface area (Å²) in [7, 11) is 0. The standard InChI is InChI=1S/C14H9Cl2N3O4/c1-2-23-13(21)10(6-17)11-12(20)19(14(22)18-11)9-4-7(15)3-8(16)5-9/h3-5H,2H2,1H3,(H,18,22)/b11-10-. The van der Waals surface area contributed by atoms with E-state index in [1.165, 1.54) is 18.2 Å². The molecule has 0 radical (unpaired) electrons. The summed E-state index contributed by atoms with van der Waals surface area (Å²) >= 11 is 11.7. The molecule has 23 heavy (non-hydrogen) atoms. The highest BCUT2D eigenvalue weighted by Crippen LogP contribution is 2.29. The van der Waals surface area contributed by atoms with Gasteiger partial charge < -0.3 is 10.1 Å². The second-order valence-corrected chi connectivity index (χ2v) is 5.15. The number of nitrogens with one attached hydrogen (secondary N) is 1. The molecular formula is C14H9Cl2N3O4. The Balaban J connectivity index is 2.48. The summed E-state index contributed by atoms with van der Waals surface area (Å²) in [6, 6.07) is 4.87. The number of amides is 3. The van der Waals surface area contributed by atoms with Crippen LogP contribution in [0.25, 0.3) is 0 Å². The molecule has 1 fully saturated rings. The fourth-order valence-electron chi connectivity index (χ4n) is 1.90. The van der Waals surface area contributed by atoms with Crippen LogP contribution in [0.5, 0.6) is 0 Å². The summed E-state index contributed by atoms with van der Waals surface area (Å²) in [4.78, 5) is 36.8. The maximum atomic E-state index is 12.4. The summed E-state index contributed by atoms with van der Waals surface area (Å²) in [6.45, 7) is 1.57. The van der Waals surface area contributed by atoms with Crippen molar-refractivity contribution in [1.82, 2.24) is 5.32 Å². The number of halogens is 2. The molecule has 0 atom stereocenters. The van der Waals surface area contributed by atoms with E-state index >= 15 is 0 Å². The fourth-order valence-corrected chi connectivity index (χ4v) is 2.41. The largest absolute Gasteiger partial charge is 0.462 e. The van der Waals surface area contributed by atoms with E-state index in [0.29, 0.717) is 0 Å². The van der Waals surface area contributed by atoms with E-state index in [9.17, 15) is 14.4 Å². The van der Waals surface area contributed by atoms with Gasteiger partial charge in [0.25, 0.3) is 5.91 Å². The number of carbonyl (C=O) groups excluding carboxylic acids is 3. The Hall–Kier alpha value is -2.56. The van der Waals surface area contributed by atoms with Crippen LogP contribution in [-0.2, 0) is 14.3 Å². The van der Waals surface area contributed by atoms with Gasteiger partial charge in [-0.15, -0.1) is 0 Å². The summed E-state index contributed by atoms with van der Waals surface area (Å²) in [6.07, 6.45) is 0. The first-order valence-corrected chi connectivity index (χ1v) is 7.07. The van der Waals surface area contributed by atoms with Gasteiger partial charge in [-0.05, 0) is 25.1 Å². The first kappa shape index (κ1) is 16.8. The Morgan fingerprint density at radius 2 is 1.91 bits per heavy atom. The highest BCUT2D eigenvalue weighted by molar-refractivity contribution is 6.36. The van der Waals surface area contributed by atoms with Crippen LogP contribution in [0.1, 0.15) is 6.92 Å². The van der Waals surface area contributed by atoms with Crippen LogP contribution in [0.15, 0.2) is 29.5 Å². The molecule has 0 saturated carbocycles. The molecule has 0 unspecified atom stereocenters. The maximum absolute atomic E-state index is 12.4. The Morgan fingerprint density at radius 3 is 2.43 bits per heavy atom. The Kier molecular flexibility index (Phi) is 4.89. The summed E-state index contributed by atoms with van der Waals surface area (Å²) in [5, 5.41) is 11.7. The van der Waals surface area contributed by atoms with Crippen molar-refractivity contribution < 1.29 is 19.1 Å². The number of nitrogens with zero attached hydrogens (tertiary/aromatic N) is 2. The number of hydrogen-bond donors (Lipinski definition) is 1. The first-order valence-electron chi connectivity index (χ1n) is 6.32. The van der Waals surface area contributed by atoms with Gasteiger partial charge in [0.1, 0.15) is 11.8 Å². The molecule has 1 saturated heterocycles. The predicted molar refractivity (Wildman–Crippen MR) is 81.8 cm³/mol. The number of esters is 1. The van der Waals surface area contributed by atoms with Crippen LogP contribution in [0.2, 0.25) is 10.0 Å². The molecule has 9 heteroatoms. The van der Waals surface area contributed by atoms with Crippen LogP contribution < -0.4 is 10.2 Å². The van der Waals surface area contributed by atoms with Crippen LogP contribution in [0, 0.1) is 11.3 Å². The van der Waals surface area contributed by atoms with Crippen LogP contribution in [0.4, 0.5) is 10.5 Å². The molecule has 0 bridgehead atoms. The van der Waals surface area contributed by atoms with Crippen LogP contribution >= 0.6 is 23.2 Å². The number of anilines is 1. The zero-order chi connectivity index (χ0) is 17.1. The minimum atomic E-state index is -0.996. The van der Waals surface area contributed by atoms with Gasteiger partial charge in [-0.25, -0.2) is 14.5 Å². The van der Waals surface area contributed by atoms with E-state index in [4.69, 9.17) is 28.5 Å². The molecule has 0 aromatic heterocycles. The number of carbonyl (C=O) groups is 3. The van der Waals surface area contributed by atoms with E-state index in [-0.39, 0.29) is 22.3 Å². The number of urea groups is 1. The smallest absolute Gasteiger partial charge is 0.351 e. The van der Waals surface area contributed by atoms with Gasteiger partial charge >= 0.3 is 12.0 Å². The molecule has 0 aliphatic carbocycles. The third-order valence-corrected chi connectivity index (χ3v) is 3.24. The third kappa shape index (κ3) is 3.28. The minimum Gasteiger partial charge on any atom is -0.462 e. The second kappa shape index (κ2) is 6.69. The quantitative estimate of drug-likeness (QED) is 0.389. The molecule has 2 rings (SSSR count). The molecule has 1 aliphatic heterocycles. The Labute approximate surface area is 141 Å². The topological polar surface area (TPSA) is 99.5 Å². The van der Waals surface area contributed by atoms with Gasteiger partial charge in [0.05, 0.1) is 12.3 Å². The van der Waals surface area contributed by atoms with Crippen molar-refractivity contribution in [1.29, 1.82) is 5.26 Å². The van der Waals surface area contributed by atoms with Crippen molar-refractivity contribution in [2.45, 2.75) is 6.92 Å². The fraction of sp³-hybridized carbons (Fsp3) is 0.143. The van der Waals surface area contributed by atoms with Gasteiger partial charge in [0.15, 0.2) is 5.57 Å². The van der Waals surface area contributed by atoms with Gasteiger partial charge in [0, 0.05) is 10.0 Å². The van der Waals surface area contributed by atoms with Crippen molar-refractivity contribution >= 4 is 46.8 Å². The molecule has 7 nitrogen and oxygen atoms in total. The highest BCUT2D eigenvalue weighted by atomic mass is 35.5. The second-order valence-electron chi connectivity index (χ2n) is 4.28. The van der Waals surface area contributed by atoms with E-state index in [1.807, 2.05) is 0 Å². The molecule has 3 amide bonds. The average molecular weight is 354 g/mol. The first-order chi connectivity index (χ1) is 10.9. The number of rotatable bonds is 3. The summed E-state index contributed by atoms with van der Waals surface area (Å²) in [5.74, 6) is -1.87. The lowest BCUT2D eigenvalue weighted by molar-refractivity contribution is -0.138. The number of ether oxygens (including phenoxy) is 1. The van der Waals surface area contributed by atoms with E-state index < -0.39 is 29.2 Å². The minimum absolute atomic E-state index is 0.0209. The molecule has 1 aliphatic rings. The lowest BCUT2D eigenvalue weighted by Gasteiger charge is -2.12. The zero-order valence-electron chi connectivity index (χ0n) is 11.7. The molecule has 1 heterocycles. The number of nitriles is 1. The molecular weight excluding hydrogens is 345 g/mol. The van der Waals surface area contributed by atoms with E-state index in [2.05, 4.69) is 10.1 Å². The molecule has 118 valence electrons. The van der Waals surface area contributed by atoms with E-state index in [0.717, 1.165) is 4.90 Å². The maximum Gasteiger partial charge on any atom is 0.351 e. The monoisotopic (exact) mass is 353 g/mol. The highest BCUT2D eigenvalue weighted by Gasteiger charge is 2.39. The molecule has 1 N–H and O–H groups in total. The van der Waals surface area contributed by atoms with Crippen molar-refractivity contribution in [3.63, 3.8) is 0 Å². The van der Waals surface area contributed by atoms with Gasteiger partial charge in [0.2, 0.25) is 0 Å². The third-order valence-electron chi connectivity index (χ3n) is 2.80. The Morgan fingerprint density at radius 1 is 1.30 bits per heavy atom.